The highest BCUT2D eigenvalue weighted by atomic mass is 32.2. The van der Waals surface area contributed by atoms with Gasteiger partial charge in [-0.15, -0.1) is 0 Å². The third-order valence-corrected chi connectivity index (χ3v) is 8.70. The molecule has 30 heavy (non-hydrogen) atoms. The molecule has 3 rings (SSSR count). The van der Waals surface area contributed by atoms with E-state index in [1.807, 2.05) is 12.1 Å². The van der Waals surface area contributed by atoms with E-state index in [1.165, 1.54) is 0 Å². The molecular formula is C19H27N3O6S2. The highest BCUT2D eigenvalue weighted by Crippen LogP contribution is 2.29. The van der Waals surface area contributed by atoms with Crippen LogP contribution >= 0.6 is 0 Å². The minimum atomic E-state index is -3.80. The van der Waals surface area contributed by atoms with Gasteiger partial charge in [-0.25, -0.2) is 21.6 Å². The van der Waals surface area contributed by atoms with Gasteiger partial charge in [0.15, 0.2) is 21.3 Å². The van der Waals surface area contributed by atoms with Gasteiger partial charge in [-0.05, 0) is 44.4 Å². The second-order valence-electron chi connectivity index (χ2n) is 7.34. The molecule has 1 aromatic heterocycles. The largest absolute Gasteiger partial charge is 0.493 e. The number of benzene rings is 1. The number of hydrogen-bond acceptors (Lipinski definition) is 7. The summed E-state index contributed by atoms with van der Waals surface area (Å²) in [5, 5.41) is 4.33. The molecule has 2 aromatic rings. The summed E-state index contributed by atoms with van der Waals surface area (Å²) in [6.45, 7) is 3.48. The van der Waals surface area contributed by atoms with Crippen LogP contribution in [0.25, 0.3) is 0 Å². The smallest absolute Gasteiger partial charge is 0.244 e. The standard InChI is InChI=1S/C19H27N3O6S2/c1-13-19(14(2)22(21-13)16-8-10-29(23,24)12-16)30(25,26)20-9-7-15-5-6-17(27-3)18(11-15)28-4/h5-6,11,16,20H,7-10,12H2,1-4H3. The second-order valence-corrected chi connectivity index (χ2v) is 11.3. The Bertz CT molecular complexity index is 1140. The van der Waals surface area contributed by atoms with Gasteiger partial charge in [0.1, 0.15) is 4.90 Å². The molecule has 1 N–H and O–H groups in total. The Hall–Kier alpha value is -2.11. The Morgan fingerprint density at radius 1 is 1.20 bits per heavy atom. The van der Waals surface area contributed by atoms with Crippen molar-refractivity contribution in [1.29, 1.82) is 0 Å². The van der Waals surface area contributed by atoms with Crippen molar-refractivity contribution < 1.29 is 26.3 Å². The van der Waals surface area contributed by atoms with Crippen LogP contribution in [0, 0.1) is 13.8 Å². The molecule has 11 heteroatoms. The number of aromatic nitrogens is 2. The molecule has 1 fully saturated rings. The summed E-state index contributed by atoms with van der Waals surface area (Å²) in [6.07, 6.45) is 0.906. The Balaban J connectivity index is 1.73. The molecule has 0 aliphatic carbocycles. The van der Waals surface area contributed by atoms with Crippen molar-refractivity contribution in [3.8, 4) is 11.5 Å². The highest BCUT2D eigenvalue weighted by molar-refractivity contribution is 7.91. The average molecular weight is 458 g/mol. The fraction of sp³-hybridized carbons (Fsp3) is 0.526. The van der Waals surface area contributed by atoms with Crippen LogP contribution in [-0.2, 0) is 26.3 Å². The van der Waals surface area contributed by atoms with Crippen molar-refractivity contribution in [3.05, 3.63) is 35.2 Å². The van der Waals surface area contributed by atoms with E-state index >= 15 is 0 Å². The predicted octanol–water partition coefficient (Wildman–Crippen LogP) is 1.40. The summed E-state index contributed by atoms with van der Waals surface area (Å²) in [4.78, 5) is 0.110. The fourth-order valence-electron chi connectivity index (χ4n) is 3.80. The third kappa shape index (κ3) is 4.62. The predicted molar refractivity (Wildman–Crippen MR) is 112 cm³/mol. The molecule has 1 aliphatic heterocycles. The first kappa shape index (κ1) is 22.6. The van der Waals surface area contributed by atoms with Gasteiger partial charge >= 0.3 is 0 Å². The van der Waals surface area contributed by atoms with Crippen LogP contribution in [0.4, 0.5) is 0 Å². The molecule has 0 spiro atoms. The molecule has 0 amide bonds. The molecule has 0 bridgehead atoms. The topological polar surface area (TPSA) is 117 Å². The summed E-state index contributed by atoms with van der Waals surface area (Å²) in [7, 11) is -3.80. The fourth-order valence-corrected chi connectivity index (χ4v) is 6.92. The molecule has 1 aliphatic rings. The van der Waals surface area contributed by atoms with E-state index in [1.54, 1.807) is 38.8 Å². The highest BCUT2D eigenvalue weighted by Gasteiger charge is 2.33. The number of hydrogen-bond donors (Lipinski definition) is 1. The minimum absolute atomic E-state index is 0.0127. The van der Waals surface area contributed by atoms with Crippen molar-refractivity contribution in [3.63, 3.8) is 0 Å². The maximum atomic E-state index is 12.9. The van der Waals surface area contributed by atoms with E-state index in [9.17, 15) is 16.8 Å². The van der Waals surface area contributed by atoms with E-state index in [0.717, 1.165) is 5.56 Å². The molecule has 9 nitrogen and oxygen atoms in total. The summed E-state index contributed by atoms with van der Waals surface area (Å²) in [5.41, 5.74) is 1.71. The molecule has 1 saturated heterocycles. The molecule has 0 saturated carbocycles. The molecule has 2 heterocycles. The number of sulfonamides is 1. The number of nitrogens with one attached hydrogen (secondary N) is 1. The van der Waals surface area contributed by atoms with Crippen molar-refractivity contribution in [2.45, 2.75) is 37.6 Å². The maximum Gasteiger partial charge on any atom is 0.244 e. The lowest BCUT2D eigenvalue weighted by Crippen LogP contribution is -2.27. The van der Waals surface area contributed by atoms with Gasteiger partial charge in [-0.2, -0.15) is 5.10 Å². The van der Waals surface area contributed by atoms with Crippen LogP contribution < -0.4 is 14.2 Å². The van der Waals surface area contributed by atoms with Crippen LogP contribution in [0.5, 0.6) is 11.5 Å². The van der Waals surface area contributed by atoms with Gasteiger partial charge in [0.2, 0.25) is 10.0 Å². The Kier molecular flexibility index (Phi) is 6.44. The van der Waals surface area contributed by atoms with E-state index < -0.39 is 19.9 Å². The summed E-state index contributed by atoms with van der Waals surface area (Å²) in [6, 6.07) is 5.10. The lowest BCUT2D eigenvalue weighted by molar-refractivity contribution is 0.354. The molecular weight excluding hydrogens is 430 g/mol. The van der Waals surface area contributed by atoms with Crippen LogP contribution in [0.1, 0.15) is 29.4 Å². The zero-order chi connectivity index (χ0) is 22.1. The Morgan fingerprint density at radius 3 is 2.50 bits per heavy atom. The number of rotatable bonds is 8. The Morgan fingerprint density at radius 2 is 1.90 bits per heavy atom. The van der Waals surface area contributed by atoms with Gasteiger partial charge in [-0.1, -0.05) is 6.07 Å². The average Bonchev–Trinajstić information content (AvgIpc) is 3.19. The van der Waals surface area contributed by atoms with Crippen LogP contribution in [0.2, 0.25) is 0 Å². The van der Waals surface area contributed by atoms with E-state index in [2.05, 4.69) is 9.82 Å². The summed E-state index contributed by atoms with van der Waals surface area (Å²) in [5.74, 6) is 1.27. The van der Waals surface area contributed by atoms with Crippen molar-refractivity contribution in [2.75, 3.05) is 32.3 Å². The first-order chi connectivity index (χ1) is 14.1. The zero-order valence-corrected chi connectivity index (χ0v) is 19.1. The van der Waals surface area contributed by atoms with Gasteiger partial charge < -0.3 is 9.47 Å². The Labute approximate surface area is 177 Å². The van der Waals surface area contributed by atoms with Crippen LogP contribution in [0.3, 0.4) is 0 Å². The molecule has 1 aromatic carbocycles. The van der Waals surface area contributed by atoms with E-state index in [4.69, 9.17) is 9.47 Å². The molecule has 166 valence electrons. The molecule has 0 radical (unpaired) electrons. The van der Waals surface area contributed by atoms with Crippen molar-refractivity contribution >= 4 is 19.9 Å². The van der Waals surface area contributed by atoms with Gasteiger partial charge in [0.05, 0.1) is 43.2 Å². The quantitative estimate of drug-likeness (QED) is 0.637. The van der Waals surface area contributed by atoms with E-state index in [0.29, 0.717) is 35.7 Å². The van der Waals surface area contributed by atoms with Crippen LogP contribution in [-0.4, -0.2) is 58.9 Å². The monoisotopic (exact) mass is 457 g/mol. The number of nitrogens with zero attached hydrogens (tertiary/aromatic N) is 2. The summed E-state index contributed by atoms with van der Waals surface area (Å²) < 4.78 is 64.1. The normalized spacial score (nSPS) is 18.5. The summed E-state index contributed by atoms with van der Waals surface area (Å²) >= 11 is 0. The number of methoxy groups -OCH3 is 2. The first-order valence-electron chi connectivity index (χ1n) is 9.54. The molecule has 1 unspecified atom stereocenters. The first-order valence-corrected chi connectivity index (χ1v) is 12.8. The van der Waals surface area contributed by atoms with Crippen LogP contribution in [0.15, 0.2) is 23.1 Å². The lowest BCUT2D eigenvalue weighted by Gasteiger charge is -2.12. The van der Waals surface area contributed by atoms with Crippen molar-refractivity contribution in [2.24, 2.45) is 0 Å². The van der Waals surface area contributed by atoms with Gasteiger partial charge in [0.25, 0.3) is 0 Å². The number of sulfone groups is 1. The number of ether oxygens (including phenoxy) is 2. The zero-order valence-electron chi connectivity index (χ0n) is 17.5. The minimum Gasteiger partial charge on any atom is -0.493 e. The van der Waals surface area contributed by atoms with E-state index in [-0.39, 0.29) is 29.0 Å². The SMILES string of the molecule is COc1ccc(CCNS(=O)(=O)c2c(C)nn(C3CCS(=O)(=O)C3)c2C)cc1OC. The van der Waals surface area contributed by atoms with Gasteiger partial charge in [0, 0.05) is 6.54 Å². The second kappa shape index (κ2) is 8.56. The molecule has 1 atom stereocenters. The van der Waals surface area contributed by atoms with Gasteiger partial charge in [-0.3, -0.25) is 4.68 Å². The van der Waals surface area contributed by atoms with Crippen molar-refractivity contribution in [1.82, 2.24) is 14.5 Å². The number of aryl methyl sites for hydroxylation is 1. The lowest BCUT2D eigenvalue weighted by atomic mass is 10.1. The maximum absolute atomic E-state index is 12.9. The third-order valence-electron chi connectivity index (χ3n) is 5.24.